The number of piperazine rings is 1. The molecule has 4 saturated carbocycles. The smallest absolute Gasteiger partial charge is 0.271 e. The summed E-state index contributed by atoms with van der Waals surface area (Å²) in [6.07, 6.45) is 8.75. The Morgan fingerprint density at radius 3 is 2.17 bits per heavy atom. The predicted octanol–water partition coefficient (Wildman–Crippen LogP) is 4.50. The number of halogens is 1. The number of amides is 1. The molecule has 1 aromatic carbocycles. The fourth-order valence-electron chi connectivity index (χ4n) is 7.00. The number of carbonyl (C=O) groups is 1. The van der Waals surface area contributed by atoms with Crippen molar-refractivity contribution < 1.29 is 9.72 Å². The normalized spacial score (nSPS) is 33.2. The van der Waals surface area contributed by atoms with Crippen LogP contribution in [0.2, 0.25) is 5.02 Å². The second kappa shape index (κ2) is 7.15. The van der Waals surface area contributed by atoms with Gasteiger partial charge < -0.3 is 9.80 Å². The Bertz CT molecular complexity index is 799. The molecule has 156 valence electrons. The molecular formula is C22H28ClN3O3. The maximum absolute atomic E-state index is 13.1. The Labute approximate surface area is 176 Å². The molecule has 0 N–H and O–H groups in total. The summed E-state index contributed by atoms with van der Waals surface area (Å²) in [5.41, 5.74) is 1.10. The van der Waals surface area contributed by atoms with E-state index in [1.807, 2.05) is 4.90 Å². The minimum atomic E-state index is -0.434. The fraction of sp³-hybridized carbons (Fsp3) is 0.682. The maximum atomic E-state index is 13.1. The summed E-state index contributed by atoms with van der Waals surface area (Å²) in [6, 6.07) is 4.61. The van der Waals surface area contributed by atoms with E-state index >= 15 is 0 Å². The van der Waals surface area contributed by atoms with Crippen LogP contribution in [0.5, 0.6) is 0 Å². The van der Waals surface area contributed by atoms with Gasteiger partial charge in [0.15, 0.2) is 0 Å². The second-order valence-electron chi connectivity index (χ2n) is 9.85. The van der Waals surface area contributed by atoms with Crippen molar-refractivity contribution in [1.82, 2.24) is 4.90 Å². The zero-order valence-corrected chi connectivity index (χ0v) is 17.4. The average molecular weight is 418 g/mol. The van der Waals surface area contributed by atoms with Crippen LogP contribution in [0.1, 0.15) is 44.9 Å². The quantitative estimate of drug-likeness (QED) is 0.534. The van der Waals surface area contributed by atoms with Crippen molar-refractivity contribution in [3.8, 4) is 0 Å². The van der Waals surface area contributed by atoms with Gasteiger partial charge in [0.05, 0.1) is 15.6 Å². The first kappa shape index (κ1) is 19.2. The van der Waals surface area contributed by atoms with Crippen molar-refractivity contribution in [2.24, 2.45) is 23.2 Å². The van der Waals surface area contributed by atoms with Crippen molar-refractivity contribution in [2.45, 2.75) is 44.9 Å². The first-order valence-corrected chi connectivity index (χ1v) is 11.3. The van der Waals surface area contributed by atoms with Gasteiger partial charge in [-0.25, -0.2) is 0 Å². The molecule has 0 radical (unpaired) electrons. The number of nitrogens with zero attached hydrogens (tertiary/aromatic N) is 3. The highest BCUT2D eigenvalue weighted by atomic mass is 35.5. The first-order valence-electron chi connectivity index (χ1n) is 10.9. The summed E-state index contributed by atoms with van der Waals surface area (Å²) < 4.78 is 0. The van der Waals surface area contributed by atoms with Crippen molar-refractivity contribution in [3.63, 3.8) is 0 Å². The van der Waals surface area contributed by atoms with Crippen LogP contribution in [0.3, 0.4) is 0 Å². The second-order valence-corrected chi connectivity index (χ2v) is 10.3. The molecule has 1 heterocycles. The molecule has 6 nitrogen and oxygen atoms in total. The third-order valence-electron chi connectivity index (χ3n) is 7.81. The standard InChI is InChI=1S/C22H28ClN3O3/c23-19-10-18(26(28)29)1-2-20(19)24-3-5-25(6-4-24)21(27)14-22-11-15-7-16(12-22)9-17(8-15)13-22/h1-2,10,15-17H,3-9,11-14H2. The van der Waals surface area contributed by atoms with Crippen LogP contribution in [-0.4, -0.2) is 41.9 Å². The van der Waals surface area contributed by atoms with Gasteiger partial charge in [-0.05, 0) is 67.8 Å². The van der Waals surface area contributed by atoms with Crippen LogP contribution in [0.25, 0.3) is 0 Å². The first-order chi connectivity index (χ1) is 13.9. The highest BCUT2D eigenvalue weighted by Gasteiger charge is 2.51. The molecule has 0 spiro atoms. The van der Waals surface area contributed by atoms with E-state index in [-0.39, 0.29) is 11.1 Å². The Morgan fingerprint density at radius 1 is 1.07 bits per heavy atom. The van der Waals surface area contributed by atoms with E-state index in [2.05, 4.69) is 4.90 Å². The molecule has 7 heteroatoms. The summed E-state index contributed by atoms with van der Waals surface area (Å²) in [5, 5.41) is 11.3. The molecule has 5 fully saturated rings. The van der Waals surface area contributed by atoms with E-state index in [4.69, 9.17) is 11.6 Å². The number of carbonyl (C=O) groups excluding carboxylic acids is 1. The van der Waals surface area contributed by atoms with Gasteiger partial charge in [-0.15, -0.1) is 0 Å². The third kappa shape index (κ3) is 3.60. The van der Waals surface area contributed by atoms with Gasteiger partial charge >= 0.3 is 0 Å². The molecule has 4 aliphatic carbocycles. The average Bonchev–Trinajstić information content (AvgIpc) is 2.66. The van der Waals surface area contributed by atoms with Crippen molar-refractivity contribution in [2.75, 3.05) is 31.1 Å². The van der Waals surface area contributed by atoms with Crippen LogP contribution < -0.4 is 4.90 Å². The molecule has 6 rings (SSSR count). The van der Waals surface area contributed by atoms with Gasteiger partial charge in [0.25, 0.3) is 5.69 Å². The van der Waals surface area contributed by atoms with Gasteiger partial charge in [0, 0.05) is 44.7 Å². The summed E-state index contributed by atoms with van der Waals surface area (Å²) >= 11 is 6.28. The van der Waals surface area contributed by atoms with E-state index < -0.39 is 4.92 Å². The number of benzene rings is 1. The molecule has 29 heavy (non-hydrogen) atoms. The van der Waals surface area contributed by atoms with Crippen LogP contribution >= 0.6 is 11.6 Å². The monoisotopic (exact) mass is 417 g/mol. The van der Waals surface area contributed by atoms with Crippen LogP contribution in [-0.2, 0) is 4.79 Å². The van der Waals surface area contributed by atoms with E-state index in [1.165, 1.54) is 50.7 Å². The SMILES string of the molecule is O=C(CC12CC3CC(CC(C3)C1)C2)N1CCN(c2ccc([N+](=O)[O-])cc2Cl)CC1. The van der Waals surface area contributed by atoms with Gasteiger partial charge in [0.2, 0.25) is 5.91 Å². The zero-order chi connectivity index (χ0) is 20.2. The molecule has 1 aliphatic heterocycles. The van der Waals surface area contributed by atoms with Crippen molar-refractivity contribution in [3.05, 3.63) is 33.3 Å². The molecule has 0 unspecified atom stereocenters. The Balaban J connectivity index is 1.20. The maximum Gasteiger partial charge on any atom is 0.271 e. The van der Waals surface area contributed by atoms with Crippen molar-refractivity contribution in [1.29, 1.82) is 0 Å². The molecule has 4 bridgehead atoms. The van der Waals surface area contributed by atoms with Crippen LogP contribution in [0, 0.1) is 33.3 Å². The number of anilines is 1. The van der Waals surface area contributed by atoms with Crippen LogP contribution in [0.4, 0.5) is 11.4 Å². The van der Waals surface area contributed by atoms with E-state index in [0.717, 1.165) is 29.9 Å². The lowest BCUT2D eigenvalue weighted by Gasteiger charge is -2.57. The number of nitro benzene ring substituents is 1. The molecule has 1 amide bonds. The number of non-ortho nitro benzene ring substituents is 1. The van der Waals surface area contributed by atoms with E-state index in [0.29, 0.717) is 37.1 Å². The largest absolute Gasteiger partial charge is 0.367 e. The number of hydrogen-bond donors (Lipinski definition) is 0. The van der Waals surface area contributed by atoms with Crippen LogP contribution in [0.15, 0.2) is 18.2 Å². The summed E-state index contributed by atoms with van der Waals surface area (Å²) in [7, 11) is 0. The molecule has 0 atom stereocenters. The van der Waals surface area contributed by atoms with Crippen molar-refractivity contribution >= 4 is 28.9 Å². The fourth-order valence-corrected chi connectivity index (χ4v) is 7.30. The molecule has 1 saturated heterocycles. The van der Waals surface area contributed by atoms with Gasteiger partial charge in [-0.1, -0.05) is 11.6 Å². The zero-order valence-electron chi connectivity index (χ0n) is 16.7. The lowest BCUT2D eigenvalue weighted by Crippen LogP contribution is -2.52. The summed E-state index contributed by atoms with van der Waals surface area (Å²) in [6.45, 7) is 2.81. The highest BCUT2D eigenvalue weighted by molar-refractivity contribution is 6.33. The lowest BCUT2D eigenvalue weighted by atomic mass is 9.49. The van der Waals surface area contributed by atoms with E-state index in [1.54, 1.807) is 6.07 Å². The molecule has 5 aliphatic rings. The topological polar surface area (TPSA) is 66.7 Å². The summed E-state index contributed by atoms with van der Waals surface area (Å²) in [4.78, 5) is 27.7. The Hall–Kier alpha value is -1.82. The third-order valence-corrected chi connectivity index (χ3v) is 8.11. The Kier molecular flexibility index (Phi) is 4.72. The predicted molar refractivity (Wildman–Crippen MR) is 112 cm³/mol. The Morgan fingerprint density at radius 2 is 1.66 bits per heavy atom. The highest BCUT2D eigenvalue weighted by Crippen LogP contribution is 2.61. The molecule has 0 aromatic heterocycles. The van der Waals surface area contributed by atoms with Gasteiger partial charge in [-0.2, -0.15) is 0 Å². The summed E-state index contributed by atoms with van der Waals surface area (Å²) in [5.74, 6) is 2.93. The van der Waals surface area contributed by atoms with E-state index in [9.17, 15) is 14.9 Å². The molecule has 1 aromatic rings. The minimum absolute atomic E-state index is 0.00290. The number of rotatable bonds is 4. The molecular weight excluding hydrogens is 390 g/mol. The number of nitro groups is 1. The minimum Gasteiger partial charge on any atom is -0.367 e. The van der Waals surface area contributed by atoms with Gasteiger partial charge in [0.1, 0.15) is 0 Å². The lowest BCUT2D eigenvalue weighted by molar-refractivity contribution is -0.384. The van der Waals surface area contributed by atoms with Gasteiger partial charge in [-0.3, -0.25) is 14.9 Å². The number of hydrogen-bond acceptors (Lipinski definition) is 4.